The van der Waals surface area contributed by atoms with E-state index in [-0.39, 0.29) is 5.91 Å². The molecule has 0 radical (unpaired) electrons. The molecule has 1 amide bonds. The number of carbonyl (C=O) groups is 1. The Bertz CT molecular complexity index is 419. The Balaban J connectivity index is 1.98. The molecule has 0 aliphatic heterocycles. The predicted octanol–water partition coefficient (Wildman–Crippen LogP) is -0.136. The van der Waals surface area contributed by atoms with Crippen LogP contribution in [-0.2, 0) is 11.2 Å². The molecule has 14 heavy (non-hydrogen) atoms. The third-order valence-electron chi connectivity index (χ3n) is 1.64. The van der Waals surface area contributed by atoms with Crippen molar-refractivity contribution in [3.8, 4) is 0 Å². The summed E-state index contributed by atoms with van der Waals surface area (Å²) in [6.45, 7) is 2.11. The van der Waals surface area contributed by atoms with Crippen molar-refractivity contribution >= 4 is 22.2 Å². The Hall–Kier alpha value is -1.50. The fourth-order valence-corrected chi connectivity index (χ4v) is 1.86. The molecule has 0 unspecified atom stereocenters. The van der Waals surface area contributed by atoms with Crippen molar-refractivity contribution in [3.05, 3.63) is 11.3 Å². The number of hydrogen-bond acceptors (Lipinski definition) is 5. The molecule has 2 heterocycles. The maximum atomic E-state index is 10.6. The van der Waals surface area contributed by atoms with Crippen LogP contribution in [0.4, 0.5) is 0 Å². The summed E-state index contributed by atoms with van der Waals surface area (Å²) in [6.07, 6.45) is 2.29. The molecule has 74 valence electrons. The van der Waals surface area contributed by atoms with Crippen molar-refractivity contribution in [3.63, 3.8) is 0 Å². The zero-order chi connectivity index (χ0) is 9.97. The second-order valence-corrected chi connectivity index (χ2v) is 3.83. The highest BCUT2D eigenvalue weighted by Gasteiger charge is 2.04. The molecule has 7 heteroatoms. The molecule has 0 saturated heterocycles. The first-order chi connectivity index (χ1) is 6.75. The summed E-state index contributed by atoms with van der Waals surface area (Å²) in [5.41, 5.74) is 0. The van der Waals surface area contributed by atoms with Crippen molar-refractivity contribution in [1.82, 2.24) is 25.1 Å². The highest BCUT2D eigenvalue weighted by Crippen LogP contribution is 2.11. The van der Waals surface area contributed by atoms with Gasteiger partial charge >= 0.3 is 0 Å². The molecule has 0 aromatic carbocycles. The third kappa shape index (κ3) is 1.87. The van der Waals surface area contributed by atoms with Crippen LogP contribution in [0.5, 0.6) is 0 Å². The first kappa shape index (κ1) is 9.07. The second kappa shape index (κ2) is 3.70. The van der Waals surface area contributed by atoms with Gasteiger partial charge in [0.2, 0.25) is 10.9 Å². The lowest BCUT2D eigenvalue weighted by Gasteiger charge is -1.96. The average molecular weight is 211 g/mol. The number of rotatable bonds is 3. The van der Waals surface area contributed by atoms with E-state index in [1.54, 1.807) is 10.8 Å². The molecule has 0 spiro atoms. The van der Waals surface area contributed by atoms with Crippen LogP contribution in [0.15, 0.2) is 6.33 Å². The monoisotopic (exact) mass is 211 g/mol. The molecule has 2 aromatic heterocycles. The first-order valence-electron chi connectivity index (χ1n) is 4.16. The van der Waals surface area contributed by atoms with Crippen LogP contribution in [-0.4, -0.2) is 32.3 Å². The molecule has 0 fully saturated rings. The minimum absolute atomic E-state index is 0.0204. The van der Waals surface area contributed by atoms with Crippen molar-refractivity contribution in [2.24, 2.45) is 0 Å². The van der Waals surface area contributed by atoms with E-state index in [0.29, 0.717) is 6.54 Å². The van der Waals surface area contributed by atoms with Gasteiger partial charge in [0.25, 0.3) is 0 Å². The van der Waals surface area contributed by atoms with Gasteiger partial charge in [0.15, 0.2) is 0 Å². The van der Waals surface area contributed by atoms with E-state index in [0.717, 1.165) is 16.4 Å². The molecule has 0 saturated carbocycles. The van der Waals surface area contributed by atoms with Crippen LogP contribution in [0.25, 0.3) is 4.96 Å². The van der Waals surface area contributed by atoms with Crippen LogP contribution < -0.4 is 5.32 Å². The van der Waals surface area contributed by atoms with Crippen LogP contribution in [0.1, 0.15) is 11.9 Å². The highest BCUT2D eigenvalue weighted by molar-refractivity contribution is 7.16. The number of nitrogens with one attached hydrogen (secondary N) is 1. The SMILES string of the molecule is CC(=O)NCCc1nn2cnnc2s1. The summed E-state index contributed by atoms with van der Waals surface area (Å²) in [4.78, 5) is 11.4. The summed E-state index contributed by atoms with van der Waals surface area (Å²) in [5.74, 6) is -0.0204. The fourth-order valence-electron chi connectivity index (χ4n) is 1.05. The van der Waals surface area contributed by atoms with Crippen LogP contribution in [0.2, 0.25) is 0 Å². The molecule has 0 aliphatic carbocycles. The minimum atomic E-state index is -0.0204. The maximum absolute atomic E-state index is 10.6. The van der Waals surface area contributed by atoms with E-state index < -0.39 is 0 Å². The number of nitrogens with zero attached hydrogens (tertiary/aromatic N) is 4. The summed E-state index contributed by atoms with van der Waals surface area (Å²) in [5, 5.41) is 15.5. The van der Waals surface area contributed by atoms with E-state index in [1.807, 2.05) is 0 Å². The molecule has 1 N–H and O–H groups in total. The van der Waals surface area contributed by atoms with Gasteiger partial charge in [0.1, 0.15) is 11.3 Å². The molecular formula is C7H9N5OS. The maximum Gasteiger partial charge on any atom is 0.234 e. The Morgan fingerprint density at radius 1 is 1.71 bits per heavy atom. The summed E-state index contributed by atoms with van der Waals surface area (Å²) < 4.78 is 1.63. The Labute approximate surface area is 84.0 Å². The van der Waals surface area contributed by atoms with Gasteiger partial charge in [0.05, 0.1) is 0 Å². The topological polar surface area (TPSA) is 72.2 Å². The largest absolute Gasteiger partial charge is 0.356 e. The fraction of sp³-hybridized carbons (Fsp3) is 0.429. The van der Waals surface area contributed by atoms with E-state index >= 15 is 0 Å². The van der Waals surface area contributed by atoms with Crippen LogP contribution in [0, 0.1) is 0 Å². The zero-order valence-electron chi connectivity index (χ0n) is 7.60. The van der Waals surface area contributed by atoms with Gasteiger partial charge in [-0.2, -0.15) is 9.61 Å². The molecule has 6 nitrogen and oxygen atoms in total. The number of carbonyl (C=O) groups excluding carboxylic acids is 1. The number of amides is 1. The zero-order valence-corrected chi connectivity index (χ0v) is 8.41. The van der Waals surface area contributed by atoms with Gasteiger partial charge in [-0.25, -0.2) is 0 Å². The van der Waals surface area contributed by atoms with Gasteiger partial charge in [-0.1, -0.05) is 11.3 Å². The van der Waals surface area contributed by atoms with E-state index in [4.69, 9.17) is 0 Å². The predicted molar refractivity (Wildman–Crippen MR) is 51.0 cm³/mol. The lowest BCUT2D eigenvalue weighted by molar-refractivity contribution is -0.118. The molecule has 0 bridgehead atoms. The van der Waals surface area contributed by atoms with Crippen LogP contribution >= 0.6 is 11.3 Å². The summed E-state index contributed by atoms with van der Waals surface area (Å²) in [7, 11) is 0. The first-order valence-corrected chi connectivity index (χ1v) is 4.97. The number of hydrogen-bond donors (Lipinski definition) is 1. The quantitative estimate of drug-likeness (QED) is 0.767. The second-order valence-electron chi connectivity index (χ2n) is 2.79. The lowest BCUT2D eigenvalue weighted by atomic mass is 10.4. The van der Waals surface area contributed by atoms with Crippen molar-refractivity contribution in [2.75, 3.05) is 6.54 Å². The molecular weight excluding hydrogens is 202 g/mol. The Kier molecular flexibility index (Phi) is 2.40. The van der Waals surface area contributed by atoms with E-state index in [9.17, 15) is 4.79 Å². The highest BCUT2D eigenvalue weighted by atomic mass is 32.1. The molecule has 2 rings (SSSR count). The Morgan fingerprint density at radius 3 is 3.29 bits per heavy atom. The summed E-state index contributed by atoms with van der Waals surface area (Å²) in [6, 6.07) is 0. The minimum Gasteiger partial charge on any atom is -0.356 e. The van der Waals surface area contributed by atoms with Gasteiger partial charge in [-0.3, -0.25) is 4.79 Å². The van der Waals surface area contributed by atoms with Gasteiger partial charge < -0.3 is 5.32 Å². The molecule has 0 atom stereocenters. The summed E-state index contributed by atoms with van der Waals surface area (Å²) >= 11 is 1.48. The number of aromatic nitrogens is 4. The molecule has 0 aliphatic rings. The number of fused-ring (bicyclic) bond motifs is 1. The van der Waals surface area contributed by atoms with Gasteiger partial charge in [-0.05, 0) is 0 Å². The van der Waals surface area contributed by atoms with Crippen molar-refractivity contribution in [1.29, 1.82) is 0 Å². The normalized spacial score (nSPS) is 10.6. The van der Waals surface area contributed by atoms with Crippen molar-refractivity contribution in [2.45, 2.75) is 13.3 Å². The van der Waals surface area contributed by atoms with Gasteiger partial charge in [0, 0.05) is 19.9 Å². The van der Waals surface area contributed by atoms with Gasteiger partial charge in [-0.15, -0.1) is 10.2 Å². The third-order valence-corrected chi connectivity index (χ3v) is 2.61. The van der Waals surface area contributed by atoms with E-state index in [2.05, 4.69) is 20.6 Å². The van der Waals surface area contributed by atoms with E-state index in [1.165, 1.54) is 18.3 Å². The van der Waals surface area contributed by atoms with Crippen molar-refractivity contribution < 1.29 is 4.79 Å². The standard InChI is InChI=1S/C7H9N5OS/c1-5(13)8-3-2-6-11-12-4-9-10-7(12)14-6/h4H,2-3H2,1H3,(H,8,13). The lowest BCUT2D eigenvalue weighted by Crippen LogP contribution is -2.22. The van der Waals surface area contributed by atoms with Crippen LogP contribution in [0.3, 0.4) is 0 Å². The average Bonchev–Trinajstić information content (AvgIpc) is 2.62. The smallest absolute Gasteiger partial charge is 0.234 e. The Morgan fingerprint density at radius 2 is 2.57 bits per heavy atom. The molecule has 2 aromatic rings.